The van der Waals surface area contributed by atoms with Crippen LogP contribution in [0, 0.1) is 5.92 Å². The molecule has 2 saturated heterocycles. The van der Waals surface area contributed by atoms with Gasteiger partial charge in [-0.05, 0) is 24.5 Å². The fourth-order valence-corrected chi connectivity index (χ4v) is 5.45. The van der Waals surface area contributed by atoms with Gasteiger partial charge in [-0.25, -0.2) is 8.42 Å². The predicted molar refractivity (Wildman–Crippen MR) is 104 cm³/mol. The summed E-state index contributed by atoms with van der Waals surface area (Å²) in [6.45, 7) is 4.65. The molecule has 148 valence electrons. The van der Waals surface area contributed by atoms with Crippen LogP contribution >= 0.6 is 0 Å². The Hall–Kier alpha value is -1.93. The number of hydrogen-bond donors (Lipinski definition) is 1. The third kappa shape index (κ3) is 5.07. The molecule has 2 heterocycles. The summed E-state index contributed by atoms with van der Waals surface area (Å²) in [6, 6.07) is 7.77. The van der Waals surface area contributed by atoms with Gasteiger partial charge in [0.2, 0.25) is 11.8 Å². The second-order valence-corrected chi connectivity index (χ2v) is 9.49. The fourth-order valence-electron chi connectivity index (χ4n) is 3.72. The molecular formula is C19H27N3O4S. The zero-order chi connectivity index (χ0) is 19.4. The SMILES string of the molecule is CCc1ccccc1NC(=O)CN1CCN(C(=O)[C@H]2CCS(=O)(=O)C2)CC1. The molecule has 8 heteroatoms. The van der Waals surface area contributed by atoms with Gasteiger partial charge in [-0.3, -0.25) is 14.5 Å². The van der Waals surface area contributed by atoms with Crippen molar-refractivity contribution < 1.29 is 18.0 Å². The van der Waals surface area contributed by atoms with E-state index in [4.69, 9.17) is 0 Å². The summed E-state index contributed by atoms with van der Waals surface area (Å²) in [5.74, 6) is -0.418. The van der Waals surface area contributed by atoms with Crippen LogP contribution in [-0.2, 0) is 25.8 Å². The summed E-state index contributed by atoms with van der Waals surface area (Å²) in [4.78, 5) is 28.6. The Morgan fingerprint density at radius 3 is 2.48 bits per heavy atom. The number of nitrogens with one attached hydrogen (secondary N) is 1. The first-order valence-corrected chi connectivity index (χ1v) is 11.3. The summed E-state index contributed by atoms with van der Waals surface area (Å²) < 4.78 is 23.1. The average molecular weight is 394 g/mol. The van der Waals surface area contributed by atoms with E-state index >= 15 is 0 Å². The number of carbonyl (C=O) groups is 2. The lowest BCUT2D eigenvalue weighted by atomic mass is 10.1. The van der Waals surface area contributed by atoms with Gasteiger partial charge < -0.3 is 10.2 Å². The zero-order valence-electron chi connectivity index (χ0n) is 15.7. The third-order valence-electron chi connectivity index (χ3n) is 5.31. The highest BCUT2D eigenvalue weighted by Gasteiger charge is 2.36. The molecule has 7 nitrogen and oxygen atoms in total. The highest BCUT2D eigenvalue weighted by Crippen LogP contribution is 2.21. The van der Waals surface area contributed by atoms with Crippen LogP contribution in [0.15, 0.2) is 24.3 Å². The maximum atomic E-state index is 12.5. The number of piperazine rings is 1. The van der Waals surface area contributed by atoms with E-state index < -0.39 is 15.8 Å². The Kier molecular flexibility index (Phi) is 6.16. The van der Waals surface area contributed by atoms with Crippen LogP contribution in [0.1, 0.15) is 18.9 Å². The van der Waals surface area contributed by atoms with E-state index in [0.717, 1.165) is 17.7 Å². The summed E-state index contributed by atoms with van der Waals surface area (Å²) in [5, 5.41) is 2.97. The first kappa shape index (κ1) is 19.8. The van der Waals surface area contributed by atoms with Crippen LogP contribution in [0.2, 0.25) is 0 Å². The summed E-state index contributed by atoms with van der Waals surface area (Å²) >= 11 is 0. The maximum absolute atomic E-state index is 12.5. The van der Waals surface area contributed by atoms with Gasteiger partial charge in [0.1, 0.15) is 0 Å². The van der Waals surface area contributed by atoms with Crippen molar-refractivity contribution in [3.63, 3.8) is 0 Å². The number of benzene rings is 1. The van der Waals surface area contributed by atoms with Crippen molar-refractivity contribution >= 4 is 27.3 Å². The minimum Gasteiger partial charge on any atom is -0.340 e. The van der Waals surface area contributed by atoms with E-state index in [9.17, 15) is 18.0 Å². The Labute approximate surface area is 160 Å². The molecule has 0 radical (unpaired) electrons. The second-order valence-electron chi connectivity index (χ2n) is 7.26. The highest BCUT2D eigenvalue weighted by atomic mass is 32.2. The molecule has 27 heavy (non-hydrogen) atoms. The lowest BCUT2D eigenvalue weighted by Gasteiger charge is -2.35. The van der Waals surface area contributed by atoms with Gasteiger partial charge >= 0.3 is 0 Å². The number of nitrogens with zero attached hydrogens (tertiary/aromatic N) is 2. The number of hydrogen-bond acceptors (Lipinski definition) is 5. The monoisotopic (exact) mass is 393 g/mol. The second kappa shape index (κ2) is 8.39. The highest BCUT2D eigenvalue weighted by molar-refractivity contribution is 7.91. The minimum absolute atomic E-state index is 0.0225. The first-order valence-electron chi connectivity index (χ1n) is 9.47. The number of amides is 2. The molecule has 2 aliphatic rings. The van der Waals surface area contributed by atoms with Gasteiger partial charge in [0.15, 0.2) is 9.84 Å². The van der Waals surface area contributed by atoms with Crippen molar-refractivity contribution in [2.24, 2.45) is 5.92 Å². The lowest BCUT2D eigenvalue weighted by Crippen LogP contribution is -2.52. The Bertz CT molecular complexity index is 801. The van der Waals surface area contributed by atoms with Crippen molar-refractivity contribution in [3.05, 3.63) is 29.8 Å². The van der Waals surface area contributed by atoms with Crippen molar-refractivity contribution in [3.8, 4) is 0 Å². The zero-order valence-corrected chi connectivity index (χ0v) is 16.5. The molecule has 2 aliphatic heterocycles. The standard InChI is InChI=1S/C19H27N3O4S/c1-2-15-5-3-4-6-17(15)20-18(23)13-21-8-10-22(11-9-21)19(24)16-7-12-27(25,26)14-16/h3-6,16H,2,7-14H2,1H3,(H,20,23)/t16-/m0/s1. The average Bonchev–Trinajstić information content (AvgIpc) is 3.02. The Balaban J connectivity index is 1.46. The molecule has 0 bridgehead atoms. The molecule has 1 N–H and O–H groups in total. The van der Waals surface area contributed by atoms with Gasteiger partial charge in [-0.15, -0.1) is 0 Å². The van der Waals surface area contributed by atoms with Crippen LogP contribution in [0.25, 0.3) is 0 Å². The summed E-state index contributed by atoms with van der Waals surface area (Å²) in [7, 11) is -3.05. The smallest absolute Gasteiger partial charge is 0.238 e. The van der Waals surface area contributed by atoms with Crippen LogP contribution in [0.5, 0.6) is 0 Å². The summed E-state index contributed by atoms with van der Waals surface area (Å²) in [6.07, 6.45) is 1.29. The first-order chi connectivity index (χ1) is 12.9. The molecule has 0 aliphatic carbocycles. The third-order valence-corrected chi connectivity index (χ3v) is 7.07. The van der Waals surface area contributed by atoms with E-state index in [-0.39, 0.29) is 29.9 Å². The molecule has 3 rings (SSSR count). The number of aryl methyl sites for hydroxylation is 1. The quantitative estimate of drug-likeness (QED) is 0.798. The minimum atomic E-state index is -3.05. The molecule has 0 aromatic heterocycles. The fraction of sp³-hybridized carbons (Fsp3) is 0.579. The number of rotatable bonds is 5. The van der Waals surface area contributed by atoms with Crippen molar-refractivity contribution in [2.75, 3.05) is 49.5 Å². The molecule has 2 fully saturated rings. The molecule has 0 saturated carbocycles. The van der Waals surface area contributed by atoms with Crippen LogP contribution in [0.4, 0.5) is 5.69 Å². The van der Waals surface area contributed by atoms with Gasteiger partial charge in [0, 0.05) is 31.9 Å². The topological polar surface area (TPSA) is 86.8 Å². The van der Waals surface area contributed by atoms with Gasteiger partial charge in [-0.2, -0.15) is 0 Å². The van der Waals surface area contributed by atoms with E-state index in [0.29, 0.717) is 32.6 Å². The van der Waals surface area contributed by atoms with Crippen LogP contribution in [0.3, 0.4) is 0 Å². The van der Waals surface area contributed by atoms with Crippen LogP contribution in [-0.4, -0.2) is 74.3 Å². The maximum Gasteiger partial charge on any atom is 0.238 e. The van der Waals surface area contributed by atoms with Crippen LogP contribution < -0.4 is 5.32 Å². The largest absolute Gasteiger partial charge is 0.340 e. The number of anilines is 1. The van der Waals surface area contributed by atoms with Gasteiger partial charge in [-0.1, -0.05) is 25.1 Å². The molecule has 1 aromatic carbocycles. The molecule has 1 aromatic rings. The molecule has 0 unspecified atom stereocenters. The Morgan fingerprint density at radius 2 is 1.85 bits per heavy atom. The van der Waals surface area contributed by atoms with E-state index in [2.05, 4.69) is 12.2 Å². The normalized spacial score (nSPS) is 22.6. The van der Waals surface area contributed by atoms with E-state index in [1.807, 2.05) is 29.2 Å². The molecule has 1 atom stereocenters. The lowest BCUT2D eigenvalue weighted by molar-refractivity contribution is -0.136. The van der Waals surface area contributed by atoms with Crippen molar-refractivity contribution in [2.45, 2.75) is 19.8 Å². The molecule has 2 amide bonds. The number of carbonyl (C=O) groups excluding carboxylic acids is 2. The number of para-hydroxylation sites is 1. The van der Waals surface area contributed by atoms with E-state index in [1.54, 1.807) is 4.90 Å². The molecular weight excluding hydrogens is 366 g/mol. The Morgan fingerprint density at radius 1 is 1.15 bits per heavy atom. The molecule has 0 spiro atoms. The van der Waals surface area contributed by atoms with Crippen molar-refractivity contribution in [1.82, 2.24) is 9.80 Å². The summed E-state index contributed by atoms with van der Waals surface area (Å²) in [5.41, 5.74) is 1.95. The predicted octanol–water partition coefficient (Wildman–Crippen LogP) is 0.766. The van der Waals surface area contributed by atoms with E-state index in [1.165, 1.54) is 0 Å². The van der Waals surface area contributed by atoms with Gasteiger partial charge in [0.25, 0.3) is 0 Å². The number of sulfone groups is 1. The van der Waals surface area contributed by atoms with Gasteiger partial charge in [0.05, 0.1) is 24.0 Å². The van der Waals surface area contributed by atoms with Crippen molar-refractivity contribution in [1.29, 1.82) is 0 Å².